The second-order valence-corrected chi connectivity index (χ2v) is 8.69. The van der Waals surface area contributed by atoms with Gasteiger partial charge in [-0.3, -0.25) is 4.79 Å². The lowest BCUT2D eigenvalue weighted by Crippen LogP contribution is -2.29. The van der Waals surface area contributed by atoms with Gasteiger partial charge in [-0.1, -0.05) is 0 Å². The zero-order chi connectivity index (χ0) is 21.4. The van der Waals surface area contributed by atoms with Gasteiger partial charge in [-0.2, -0.15) is 5.26 Å². The molecule has 2 fully saturated rings. The summed E-state index contributed by atoms with van der Waals surface area (Å²) in [5.41, 5.74) is 2.50. The van der Waals surface area contributed by atoms with Crippen LogP contribution in [0.4, 0.5) is 5.69 Å². The second kappa shape index (κ2) is 8.11. The van der Waals surface area contributed by atoms with Gasteiger partial charge < -0.3 is 19.5 Å². The molecule has 1 aliphatic heterocycles. The first kappa shape index (κ1) is 20.4. The number of hydrogen-bond donors (Lipinski definition) is 1. The Morgan fingerprint density at radius 3 is 2.77 bits per heavy atom. The maximum Gasteiger partial charge on any atom is 0.341 e. The summed E-state index contributed by atoms with van der Waals surface area (Å²) in [6.45, 7) is 5.72. The molecular weight excluding hydrogens is 380 g/mol. The Morgan fingerprint density at radius 1 is 1.33 bits per heavy atom. The standard InChI is InChI=1S/C23H28N4O3/c1-15-20(26-11-8-16(13-26)12-25(2)10-3-9-24)7-6-18-21(15)27(17-4-5-17)14-19(22(18)28)23(29)30/h6-7,14,16-17H,3-5,8,10-13H2,1-2H3,(H,29,30). The Morgan fingerprint density at radius 2 is 2.10 bits per heavy atom. The van der Waals surface area contributed by atoms with Crippen LogP contribution in [0.2, 0.25) is 0 Å². The van der Waals surface area contributed by atoms with Crippen molar-refractivity contribution in [1.29, 1.82) is 5.26 Å². The largest absolute Gasteiger partial charge is 0.477 e. The molecule has 4 rings (SSSR count). The maximum absolute atomic E-state index is 12.8. The fraction of sp³-hybridized carbons (Fsp3) is 0.522. The molecule has 1 unspecified atom stereocenters. The number of fused-ring (bicyclic) bond motifs is 1. The number of benzene rings is 1. The first-order valence-electron chi connectivity index (χ1n) is 10.6. The van der Waals surface area contributed by atoms with Gasteiger partial charge in [0, 0.05) is 55.9 Å². The number of hydrogen-bond acceptors (Lipinski definition) is 5. The van der Waals surface area contributed by atoms with E-state index in [9.17, 15) is 14.7 Å². The predicted octanol–water partition coefficient (Wildman–Crippen LogP) is 3.01. The Bertz CT molecular complexity index is 1080. The summed E-state index contributed by atoms with van der Waals surface area (Å²) in [4.78, 5) is 28.9. The predicted molar refractivity (Wildman–Crippen MR) is 116 cm³/mol. The number of nitrogens with zero attached hydrogens (tertiary/aromatic N) is 4. The van der Waals surface area contributed by atoms with Crippen LogP contribution < -0.4 is 10.3 Å². The molecule has 1 atom stereocenters. The van der Waals surface area contributed by atoms with Crippen molar-refractivity contribution in [1.82, 2.24) is 9.47 Å². The summed E-state index contributed by atoms with van der Waals surface area (Å²) in [5.74, 6) is -0.621. The summed E-state index contributed by atoms with van der Waals surface area (Å²) in [5, 5.41) is 18.7. The van der Waals surface area contributed by atoms with Crippen LogP contribution in [0.5, 0.6) is 0 Å². The first-order chi connectivity index (χ1) is 14.4. The highest BCUT2D eigenvalue weighted by Gasteiger charge is 2.30. The summed E-state index contributed by atoms with van der Waals surface area (Å²) in [6, 6.07) is 6.26. The zero-order valence-corrected chi connectivity index (χ0v) is 17.6. The molecule has 7 heteroatoms. The minimum absolute atomic E-state index is 0.150. The molecule has 2 aliphatic rings. The van der Waals surface area contributed by atoms with E-state index in [4.69, 9.17) is 5.26 Å². The highest BCUT2D eigenvalue weighted by Crippen LogP contribution is 2.39. The summed E-state index contributed by atoms with van der Waals surface area (Å²) < 4.78 is 2.02. The van der Waals surface area contributed by atoms with Crippen LogP contribution in [-0.4, -0.2) is 53.8 Å². The molecule has 2 heterocycles. The molecule has 0 bridgehead atoms. The molecule has 0 radical (unpaired) electrons. The van der Waals surface area contributed by atoms with Crippen molar-refractivity contribution in [2.75, 3.05) is 38.1 Å². The molecular formula is C23H28N4O3. The van der Waals surface area contributed by atoms with Crippen LogP contribution in [0, 0.1) is 24.2 Å². The van der Waals surface area contributed by atoms with E-state index in [-0.39, 0.29) is 11.6 Å². The second-order valence-electron chi connectivity index (χ2n) is 8.69. The molecule has 7 nitrogen and oxygen atoms in total. The highest BCUT2D eigenvalue weighted by atomic mass is 16.4. The van der Waals surface area contributed by atoms with Crippen molar-refractivity contribution in [3.05, 3.63) is 39.7 Å². The third-order valence-corrected chi connectivity index (χ3v) is 6.39. The molecule has 30 heavy (non-hydrogen) atoms. The Hall–Kier alpha value is -2.85. The molecule has 1 aliphatic carbocycles. The molecule has 1 saturated heterocycles. The summed E-state index contributed by atoms with van der Waals surface area (Å²) in [6.07, 6.45) is 5.22. The number of carboxylic acids is 1. The van der Waals surface area contributed by atoms with Crippen molar-refractivity contribution in [3.8, 4) is 6.07 Å². The molecule has 158 valence electrons. The van der Waals surface area contributed by atoms with Crippen molar-refractivity contribution in [3.63, 3.8) is 0 Å². The van der Waals surface area contributed by atoms with E-state index in [1.807, 2.05) is 17.6 Å². The topological polar surface area (TPSA) is 89.6 Å². The van der Waals surface area contributed by atoms with E-state index < -0.39 is 11.4 Å². The van der Waals surface area contributed by atoms with Gasteiger partial charge in [0.2, 0.25) is 5.43 Å². The van der Waals surface area contributed by atoms with Crippen molar-refractivity contribution < 1.29 is 9.90 Å². The van der Waals surface area contributed by atoms with Crippen molar-refractivity contribution in [2.24, 2.45) is 5.92 Å². The Balaban J connectivity index is 1.65. The Labute approximate surface area is 176 Å². The van der Waals surface area contributed by atoms with Gasteiger partial charge >= 0.3 is 5.97 Å². The number of carboxylic acid groups (broad SMARTS) is 1. The number of pyridine rings is 1. The number of aromatic carboxylic acids is 1. The molecule has 1 aromatic heterocycles. The van der Waals surface area contributed by atoms with Gasteiger partial charge in [0.1, 0.15) is 5.56 Å². The zero-order valence-electron chi connectivity index (χ0n) is 17.6. The minimum atomic E-state index is -1.17. The van der Waals surface area contributed by atoms with E-state index in [1.54, 1.807) is 12.3 Å². The molecule has 1 saturated carbocycles. The highest BCUT2D eigenvalue weighted by molar-refractivity contribution is 5.95. The normalized spacial score (nSPS) is 18.9. The number of nitriles is 1. The average molecular weight is 409 g/mol. The molecule has 0 spiro atoms. The SMILES string of the molecule is Cc1c(N2CCC(CN(C)CCC#N)C2)ccc2c(=O)c(C(=O)O)cn(C3CC3)c12. The van der Waals surface area contributed by atoms with E-state index in [2.05, 4.69) is 22.9 Å². The van der Waals surface area contributed by atoms with Gasteiger partial charge in [0.05, 0.1) is 11.6 Å². The average Bonchev–Trinajstić information content (AvgIpc) is 3.46. The van der Waals surface area contributed by atoms with Crippen LogP contribution in [0.3, 0.4) is 0 Å². The monoisotopic (exact) mass is 408 g/mol. The first-order valence-corrected chi connectivity index (χ1v) is 10.6. The van der Waals surface area contributed by atoms with Gasteiger partial charge in [-0.15, -0.1) is 0 Å². The summed E-state index contributed by atoms with van der Waals surface area (Å²) in [7, 11) is 2.07. The van der Waals surface area contributed by atoms with Crippen molar-refractivity contribution in [2.45, 2.75) is 38.6 Å². The number of rotatable bonds is 7. The van der Waals surface area contributed by atoms with Crippen LogP contribution in [0.25, 0.3) is 10.9 Å². The third-order valence-electron chi connectivity index (χ3n) is 6.39. The fourth-order valence-corrected chi connectivity index (χ4v) is 4.72. The van der Waals surface area contributed by atoms with Gasteiger partial charge in [-0.25, -0.2) is 4.79 Å². The smallest absolute Gasteiger partial charge is 0.341 e. The number of carbonyl (C=O) groups is 1. The molecule has 1 N–H and O–H groups in total. The lowest BCUT2D eigenvalue weighted by atomic mass is 10.0. The van der Waals surface area contributed by atoms with Gasteiger partial charge in [-0.05, 0) is 56.8 Å². The van der Waals surface area contributed by atoms with Crippen LogP contribution in [0.15, 0.2) is 23.1 Å². The van der Waals surface area contributed by atoms with E-state index >= 15 is 0 Å². The lowest BCUT2D eigenvalue weighted by molar-refractivity contribution is 0.0695. The fourth-order valence-electron chi connectivity index (χ4n) is 4.72. The van der Waals surface area contributed by atoms with E-state index in [0.717, 1.165) is 62.2 Å². The van der Waals surface area contributed by atoms with Gasteiger partial charge in [0.25, 0.3) is 0 Å². The number of anilines is 1. The number of aryl methyl sites for hydroxylation is 1. The number of aromatic nitrogens is 1. The van der Waals surface area contributed by atoms with Gasteiger partial charge in [0.15, 0.2) is 0 Å². The summed E-state index contributed by atoms with van der Waals surface area (Å²) >= 11 is 0. The molecule has 1 aromatic carbocycles. The van der Waals surface area contributed by atoms with Crippen LogP contribution in [0.1, 0.15) is 47.6 Å². The molecule has 2 aromatic rings. The minimum Gasteiger partial charge on any atom is -0.477 e. The van der Waals surface area contributed by atoms with Crippen LogP contribution >= 0.6 is 0 Å². The lowest BCUT2D eigenvalue weighted by Gasteiger charge is -2.25. The molecule has 0 amide bonds. The van der Waals surface area contributed by atoms with E-state index in [0.29, 0.717) is 17.7 Å². The van der Waals surface area contributed by atoms with Crippen molar-refractivity contribution >= 4 is 22.6 Å². The maximum atomic E-state index is 12.8. The Kier molecular flexibility index (Phi) is 5.52. The third kappa shape index (κ3) is 3.80. The van der Waals surface area contributed by atoms with Crippen LogP contribution in [-0.2, 0) is 0 Å². The van der Waals surface area contributed by atoms with E-state index in [1.165, 1.54) is 0 Å². The quantitative estimate of drug-likeness (QED) is 0.757.